The molecule has 8 heteroatoms. The third kappa shape index (κ3) is 2.81. The molecular weight excluding hydrogens is 299 g/mol. The van der Waals surface area contributed by atoms with Crippen molar-refractivity contribution in [1.29, 1.82) is 0 Å². The zero-order valence-corrected chi connectivity index (χ0v) is 12.1. The number of hydrogen-bond acceptors (Lipinski definition) is 5. The monoisotopic (exact) mass is 314 g/mol. The summed E-state index contributed by atoms with van der Waals surface area (Å²) >= 11 is 0. The van der Waals surface area contributed by atoms with Crippen molar-refractivity contribution < 1.29 is 22.4 Å². The lowest BCUT2D eigenvalue weighted by molar-refractivity contribution is -0.140. The van der Waals surface area contributed by atoms with Gasteiger partial charge in [-0.15, -0.1) is 0 Å². The number of ketones is 1. The summed E-state index contributed by atoms with van der Waals surface area (Å²) in [6, 6.07) is 4.08. The second kappa shape index (κ2) is 5.53. The molecule has 1 saturated heterocycles. The summed E-state index contributed by atoms with van der Waals surface area (Å²) in [5.41, 5.74) is 5.81. The molecule has 1 fully saturated rings. The Labute approximate surface area is 121 Å². The minimum Gasteiger partial charge on any atom is -0.329 e. The third-order valence-electron chi connectivity index (χ3n) is 3.40. The van der Waals surface area contributed by atoms with Crippen LogP contribution < -0.4 is 5.73 Å². The van der Waals surface area contributed by atoms with Crippen LogP contribution in [-0.4, -0.2) is 49.6 Å². The fraction of sp³-hybridized carbons (Fsp3) is 0.385. The van der Waals surface area contributed by atoms with E-state index in [9.17, 15) is 22.4 Å². The Morgan fingerprint density at radius 2 is 1.81 bits per heavy atom. The Balaban J connectivity index is 2.56. The molecule has 0 aliphatic carbocycles. The van der Waals surface area contributed by atoms with E-state index in [-0.39, 0.29) is 13.1 Å². The smallest absolute Gasteiger partial charge is 0.292 e. The second-order valence-corrected chi connectivity index (χ2v) is 7.06. The van der Waals surface area contributed by atoms with Crippen molar-refractivity contribution in [2.45, 2.75) is 11.3 Å². The van der Waals surface area contributed by atoms with Gasteiger partial charge in [0.05, 0.1) is 6.04 Å². The van der Waals surface area contributed by atoms with Gasteiger partial charge in [-0.3, -0.25) is 9.59 Å². The summed E-state index contributed by atoms with van der Waals surface area (Å²) in [6.07, 6.45) is 0.908. The number of likely N-dealkylation sites (tertiary alicyclic amines) is 1. The summed E-state index contributed by atoms with van der Waals surface area (Å²) in [5.74, 6) is -2.33. The number of nitrogens with zero attached hydrogens (tertiary/aromatic N) is 1. The molecule has 1 aromatic rings. The lowest BCUT2D eigenvalue weighted by Crippen LogP contribution is -2.36. The van der Waals surface area contributed by atoms with Gasteiger partial charge < -0.3 is 10.6 Å². The highest BCUT2D eigenvalue weighted by Gasteiger charge is 2.52. The standard InChI is InChI=1S/C13H15FN2O4S/c1-21(19,20)12-10(8-2-4-9(14)5-3-8)16(7-6-15)13(18)11(12)17/h2-5,10,12H,6-7,15H2,1H3/t10-,12-/m0/s1. The van der Waals surface area contributed by atoms with Crippen LogP contribution in [0.1, 0.15) is 11.6 Å². The van der Waals surface area contributed by atoms with Crippen molar-refractivity contribution in [2.75, 3.05) is 19.3 Å². The number of hydrogen-bond donors (Lipinski definition) is 1. The van der Waals surface area contributed by atoms with Crippen molar-refractivity contribution in [3.05, 3.63) is 35.6 Å². The SMILES string of the molecule is CS(=O)(=O)[C@@H]1C(=O)C(=O)N(CCN)[C@H]1c1ccc(F)cc1. The first-order valence-electron chi connectivity index (χ1n) is 6.26. The summed E-state index contributed by atoms with van der Waals surface area (Å²) in [4.78, 5) is 25.1. The average molecular weight is 314 g/mol. The van der Waals surface area contributed by atoms with E-state index in [0.29, 0.717) is 5.56 Å². The first kappa shape index (κ1) is 15.6. The van der Waals surface area contributed by atoms with Gasteiger partial charge in [-0.05, 0) is 17.7 Å². The van der Waals surface area contributed by atoms with Crippen LogP contribution in [0.15, 0.2) is 24.3 Å². The van der Waals surface area contributed by atoms with E-state index in [1.165, 1.54) is 12.1 Å². The second-order valence-electron chi connectivity index (χ2n) is 4.90. The first-order valence-corrected chi connectivity index (χ1v) is 8.22. The van der Waals surface area contributed by atoms with Gasteiger partial charge in [-0.2, -0.15) is 0 Å². The zero-order valence-electron chi connectivity index (χ0n) is 11.3. The van der Waals surface area contributed by atoms with E-state index in [0.717, 1.165) is 23.3 Å². The fourth-order valence-corrected chi connectivity index (χ4v) is 3.78. The van der Waals surface area contributed by atoms with Crippen LogP contribution in [0.25, 0.3) is 0 Å². The quantitative estimate of drug-likeness (QED) is 0.766. The molecule has 0 unspecified atom stereocenters. The molecule has 1 aliphatic heterocycles. The van der Waals surface area contributed by atoms with Gasteiger partial charge in [-0.1, -0.05) is 12.1 Å². The minimum atomic E-state index is -3.79. The van der Waals surface area contributed by atoms with Gasteiger partial charge in [0.1, 0.15) is 5.82 Å². The molecule has 2 N–H and O–H groups in total. The van der Waals surface area contributed by atoms with E-state index < -0.39 is 38.6 Å². The Morgan fingerprint density at radius 3 is 2.29 bits per heavy atom. The van der Waals surface area contributed by atoms with Crippen LogP contribution in [0.2, 0.25) is 0 Å². The Hall–Kier alpha value is -1.80. The van der Waals surface area contributed by atoms with Crippen molar-refractivity contribution in [1.82, 2.24) is 4.90 Å². The van der Waals surface area contributed by atoms with Gasteiger partial charge in [0.2, 0.25) is 5.78 Å². The summed E-state index contributed by atoms with van der Waals surface area (Å²) in [5, 5.41) is -1.48. The van der Waals surface area contributed by atoms with Gasteiger partial charge in [0.25, 0.3) is 5.91 Å². The van der Waals surface area contributed by atoms with Crippen molar-refractivity contribution in [3.8, 4) is 0 Å². The largest absolute Gasteiger partial charge is 0.329 e. The van der Waals surface area contributed by atoms with Crippen LogP contribution in [0, 0.1) is 5.82 Å². The molecule has 21 heavy (non-hydrogen) atoms. The predicted octanol–water partition coefficient (Wildman–Crippen LogP) is -0.350. The molecule has 1 amide bonds. The number of benzene rings is 1. The number of halogens is 1. The Kier molecular flexibility index (Phi) is 4.11. The van der Waals surface area contributed by atoms with E-state index in [1.54, 1.807) is 0 Å². The van der Waals surface area contributed by atoms with E-state index >= 15 is 0 Å². The van der Waals surface area contributed by atoms with Crippen LogP contribution >= 0.6 is 0 Å². The highest BCUT2D eigenvalue weighted by atomic mass is 32.2. The number of carbonyl (C=O) groups excluding carboxylic acids is 2. The molecule has 0 saturated carbocycles. The highest BCUT2D eigenvalue weighted by Crippen LogP contribution is 2.35. The van der Waals surface area contributed by atoms with Crippen molar-refractivity contribution in [2.24, 2.45) is 5.73 Å². The average Bonchev–Trinajstić information content (AvgIpc) is 2.65. The molecule has 114 valence electrons. The van der Waals surface area contributed by atoms with Gasteiger partial charge in [0.15, 0.2) is 15.1 Å². The zero-order chi connectivity index (χ0) is 15.8. The Bertz CT molecular complexity index is 672. The number of nitrogens with two attached hydrogens (primary N) is 1. The number of amides is 1. The van der Waals surface area contributed by atoms with Crippen LogP contribution in [-0.2, 0) is 19.4 Å². The fourth-order valence-electron chi connectivity index (χ4n) is 2.52. The molecule has 0 bridgehead atoms. The highest BCUT2D eigenvalue weighted by molar-refractivity contribution is 7.92. The normalized spacial score (nSPS) is 22.9. The predicted molar refractivity (Wildman–Crippen MR) is 73.5 cm³/mol. The summed E-state index contributed by atoms with van der Waals surface area (Å²) in [6.45, 7) is 0.145. The van der Waals surface area contributed by atoms with E-state index in [1.807, 2.05) is 0 Å². The van der Waals surface area contributed by atoms with Crippen LogP contribution in [0.5, 0.6) is 0 Å². The lowest BCUT2D eigenvalue weighted by Gasteiger charge is -2.26. The number of Topliss-reactive ketones (excluding diaryl/α,β-unsaturated/α-hetero) is 1. The summed E-state index contributed by atoms with van der Waals surface area (Å²) < 4.78 is 36.8. The maximum absolute atomic E-state index is 13.0. The van der Waals surface area contributed by atoms with Crippen molar-refractivity contribution in [3.63, 3.8) is 0 Å². The molecule has 2 rings (SSSR count). The van der Waals surface area contributed by atoms with Crippen molar-refractivity contribution >= 4 is 21.5 Å². The van der Waals surface area contributed by atoms with E-state index in [4.69, 9.17) is 5.73 Å². The third-order valence-corrected chi connectivity index (χ3v) is 4.79. The number of carbonyl (C=O) groups is 2. The van der Waals surface area contributed by atoms with Gasteiger partial charge in [0, 0.05) is 19.3 Å². The van der Waals surface area contributed by atoms with Crippen LogP contribution in [0.4, 0.5) is 4.39 Å². The van der Waals surface area contributed by atoms with Crippen LogP contribution in [0.3, 0.4) is 0 Å². The summed E-state index contributed by atoms with van der Waals surface area (Å²) in [7, 11) is -3.79. The molecule has 0 aromatic heterocycles. The Morgan fingerprint density at radius 1 is 1.24 bits per heavy atom. The molecule has 1 heterocycles. The lowest BCUT2D eigenvalue weighted by atomic mass is 10.0. The van der Waals surface area contributed by atoms with E-state index in [2.05, 4.69) is 0 Å². The number of rotatable bonds is 4. The maximum atomic E-state index is 13.0. The first-order chi connectivity index (χ1) is 9.77. The molecule has 2 atom stereocenters. The molecule has 1 aliphatic rings. The molecule has 6 nitrogen and oxygen atoms in total. The number of sulfone groups is 1. The maximum Gasteiger partial charge on any atom is 0.292 e. The topological polar surface area (TPSA) is 97.5 Å². The minimum absolute atomic E-state index is 0.0542. The molecule has 1 aromatic carbocycles. The van der Waals surface area contributed by atoms with Gasteiger partial charge >= 0.3 is 0 Å². The molecule has 0 spiro atoms. The molecule has 0 radical (unpaired) electrons. The molecular formula is C13H15FN2O4S. The van der Waals surface area contributed by atoms with Gasteiger partial charge in [-0.25, -0.2) is 12.8 Å².